The molecule has 0 spiro atoms. The summed E-state index contributed by atoms with van der Waals surface area (Å²) < 4.78 is 10.2. The van der Waals surface area contributed by atoms with Crippen LogP contribution in [0.5, 0.6) is 11.5 Å². The highest BCUT2D eigenvalue weighted by atomic mass is 16.5. The molecule has 4 heteroatoms. The van der Waals surface area contributed by atoms with Crippen LogP contribution in [-0.2, 0) is 0 Å². The summed E-state index contributed by atoms with van der Waals surface area (Å²) in [6.45, 7) is 0. The molecule has 0 saturated carbocycles. The van der Waals surface area contributed by atoms with E-state index in [2.05, 4.69) is 0 Å². The second kappa shape index (κ2) is 10.0. The Labute approximate surface area is 176 Å². The number of hydrogen-bond donors (Lipinski definition) is 0. The summed E-state index contributed by atoms with van der Waals surface area (Å²) in [5.41, 5.74) is 2.92. The van der Waals surface area contributed by atoms with E-state index in [1.165, 1.54) is 12.2 Å². The Morgan fingerprint density at radius 1 is 0.633 bits per heavy atom. The van der Waals surface area contributed by atoms with E-state index < -0.39 is 0 Å². The molecule has 0 radical (unpaired) electrons. The fourth-order valence-electron chi connectivity index (χ4n) is 2.81. The first-order chi connectivity index (χ1) is 14.6. The third-order valence-electron chi connectivity index (χ3n) is 4.51. The smallest absolute Gasteiger partial charge is 0.185 e. The van der Waals surface area contributed by atoms with Crippen molar-refractivity contribution in [1.29, 1.82) is 0 Å². The Hall–Kier alpha value is -3.92. The highest BCUT2D eigenvalue weighted by Crippen LogP contribution is 2.15. The van der Waals surface area contributed by atoms with E-state index in [-0.39, 0.29) is 11.6 Å². The van der Waals surface area contributed by atoms with Gasteiger partial charge < -0.3 is 9.47 Å². The number of carbonyl (C=O) groups is 2. The molecule has 0 fully saturated rings. The predicted molar refractivity (Wildman–Crippen MR) is 119 cm³/mol. The topological polar surface area (TPSA) is 52.6 Å². The van der Waals surface area contributed by atoms with Gasteiger partial charge in [0.15, 0.2) is 11.6 Å². The van der Waals surface area contributed by atoms with Crippen molar-refractivity contribution in [3.8, 4) is 11.5 Å². The van der Waals surface area contributed by atoms with Crippen molar-refractivity contribution in [2.24, 2.45) is 0 Å². The standard InChI is InChI=1S/C26H22O4/c1-29-23-12-8-21(9-13-23)25(27)16-6-19-4-3-5-20(18-19)7-17-26(28)22-10-14-24(30-2)15-11-22/h3-18H,1-2H3/b16-6+,17-7+. The third-order valence-corrected chi connectivity index (χ3v) is 4.51. The molecule has 0 saturated heterocycles. The van der Waals surface area contributed by atoms with Gasteiger partial charge in [0.05, 0.1) is 14.2 Å². The quantitative estimate of drug-likeness (QED) is 0.372. The van der Waals surface area contributed by atoms with Crippen LogP contribution in [0.4, 0.5) is 0 Å². The summed E-state index contributed by atoms with van der Waals surface area (Å²) in [4.78, 5) is 24.6. The Morgan fingerprint density at radius 2 is 1.03 bits per heavy atom. The highest BCUT2D eigenvalue weighted by molar-refractivity contribution is 6.07. The Kier molecular flexibility index (Phi) is 6.95. The highest BCUT2D eigenvalue weighted by Gasteiger charge is 2.03. The summed E-state index contributed by atoms with van der Waals surface area (Å²) >= 11 is 0. The van der Waals surface area contributed by atoms with E-state index >= 15 is 0 Å². The Bertz CT molecular complexity index is 990. The second-order valence-electron chi connectivity index (χ2n) is 6.52. The van der Waals surface area contributed by atoms with Crippen LogP contribution >= 0.6 is 0 Å². The van der Waals surface area contributed by atoms with Gasteiger partial charge >= 0.3 is 0 Å². The van der Waals surface area contributed by atoms with E-state index in [0.29, 0.717) is 22.6 Å². The zero-order valence-corrected chi connectivity index (χ0v) is 16.9. The number of ether oxygens (including phenoxy) is 2. The normalized spacial score (nSPS) is 11.0. The van der Waals surface area contributed by atoms with Gasteiger partial charge in [-0.05, 0) is 77.9 Å². The summed E-state index contributed by atoms with van der Waals surface area (Å²) in [6.07, 6.45) is 6.59. The van der Waals surface area contributed by atoms with Gasteiger partial charge in [-0.25, -0.2) is 0 Å². The van der Waals surface area contributed by atoms with E-state index in [4.69, 9.17) is 9.47 Å². The lowest BCUT2D eigenvalue weighted by Gasteiger charge is -2.01. The maximum absolute atomic E-state index is 12.3. The first-order valence-corrected chi connectivity index (χ1v) is 9.42. The van der Waals surface area contributed by atoms with Crippen LogP contribution in [-0.4, -0.2) is 25.8 Å². The molecule has 3 aromatic carbocycles. The van der Waals surface area contributed by atoms with Crippen molar-refractivity contribution in [2.45, 2.75) is 0 Å². The van der Waals surface area contributed by atoms with Gasteiger partial charge in [-0.2, -0.15) is 0 Å². The van der Waals surface area contributed by atoms with Gasteiger partial charge in [0, 0.05) is 11.1 Å². The van der Waals surface area contributed by atoms with E-state index in [9.17, 15) is 9.59 Å². The van der Waals surface area contributed by atoms with Gasteiger partial charge in [0.1, 0.15) is 11.5 Å². The summed E-state index contributed by atoms with van der Waals surface area (Å²) in [5.74, 6) is 1.24. The lowest BCUT2D eigenvalue weighted by Crippen LogP contribution is -1.94. The molecule has 0 aliphatic carbocycles. The maximum atomic E-state index is 12.3. The van der Waals surface area contributed by atoms with Crippen molar-refractivity contribution < 1.29 is 19.1 Å². The van der Waals surface area contributed by atoms with Gasteiger partial charge in [-0.3, -0.25) is 9.59 Å². The van der Waals surface area contributed by atoms with Crippen molar-refractivity contribution in [2.75, 3.05) is 14.2 Å². The van der Waals surface area contributed by atoms with Crippen LogP contribution in [0.25, 0.3) is 12.2 Å². The molecule has 0 amide bonds. The zero-order chi connectivity index (χ0) is 21.3. The minimum atomic E-state index is -0.0896. The fourth-order valence-corrected chi connectivity index (χ4v) is 2.81. The minimum Gasteiger partial charge on any atom is -0.497 e. The van der Waals surface area contributed by atoms with E-state index in [1.807, 2.05) is 24.3 Å². The number of benzene rings is 3. The molecule has 4 nitrogen and oxygen atoms in total. The summed E-state index contributed by atoms with van der Waals surface area (Å²) in [7, 11) is 3.17. The zero-order valence-electron chi connectivity index (χ0n) is 16.9. The first-order valence-electron chi connectivity index (χ1n) is 9.42. The SMILES string of the molecule is COc1ccc(C(=O)/C=C/c2cccc(/C=C/C(=O)c3ccc(OC)cc3)c2)cc1. The number of carbonyl (C=O) groups excluding carboxylic acids is 2. The third kappa shape index (κ3) is 5.55. The number of rotatable bonds is 8. The molecule has 3 rings (SSSR count). The molecule has 3 aromatic rings. The first kappa shape index (κ1) is 20.8. The lowest BCUT2D eigenvalue weighted by atomic mass is 10.1. The second-order valence-corrected chi connectivity index (χ2v) is 6.52. The maximum Gasteiger partial charge on any atom is 0.185 e. The molecular formula is C26H22O4. The molecule has 150 valence electrons. The molecule has 0 aromatic heterocycles. The predicted octanol–water partition coefficient (Wildman–Crippen LogP) is 5.50. The summed E-state index contributed by atoms with van der Waals surface area (Å²) in [6, 6.07) is 21.6. The molecule has 30 heavy (non-hydrogen) atoms. The molecule has 0 N–H and O–H groups in total. The fraction of sp³-hybridized carbons (Fsp3) is 0.0769. The van der Waals surface area contributed by atoms with Crippen molar-refractivity contribution in [3.05, 3.63) is 107 Å². The molecular weight excluding hydrogens is 376 g/mol. The van der Waals surface area contributed by atoms with Crippen LogP contribution < -0.4 is 9.47 Å². The van der Waals surface area contributed by atoms with Gasteiger partial charge in [-0.15, -0.1) is 0 Å². The number of hydrogen-bond acceptors (Lipinski definition) is 4. The largest absolute Gasteiger partial charge is 0.497 e. The summed E-state index contributed by atoms with van der Waals surface area (Å²) in [5, 5.41) is 0. The van der Waals surface area contributed by atoms with Gasteiger partial charge in [0.2, 0.25) is 0 Å². The Morgan fingerprint density at radius 3 is 1.40 bits per heavy atom. The average Bonchev–Trinajstić information content (AvgIpc) is 2.81. The van der Waals surface area contributed by atoms with Crippen LogP contribution in [0.1, 0.15) is 31.8 Å². The average molecular weight is 398 g/mol. The van der Waals surface area contributed by atoms with Crippen LogP contribution in [0, 0.1) is 0 Å². The molecule has 0 heterocycles. The van der Waals surface area contributed by atoms with Gasteiger partial charge in [0.25, 0.3) is 0 Å². The minimum absolute atomic E-state index is 0.0896. The molecule has 0 aliphatic heterocycles. The molecule has 0 aliphatic rings. The van der Waals surface area contributed by atoms with Crippen molar-refractivity contribution in [1.82, 2.24) is 0 Å². The van der Waals surface area contributed by atoms with Crippen molar-refractivity contribution in [3.63, 3.8) is 0 Å². The van der Waals surface area contributed by atoms with E-state index in [0.717, 1.165) is 11.1 Å². The monoisotopic (exact) mass is 398 g/mol. The Balaban J connectivity index is 1.67. The number of methoxy groups -OCH3 is 2. The molecule has 0 bridgehead atoms. The van der Waals surface area contributed by atoms with E-state index in [1.54, 1.807) is 74.9 Å². The van der Waals surface area contributed by atoms with Crippen LogP contribution in [0.15, 0.2) is 84.9 Å². The van der Waals surface area contributed by atoms with Gasteiger partial charge in [-0.1, -0.05) is 30.4 Å². The molecule has 0 atom stereocenters. The van der Waals surface area contributed by atoms with Crippen molar-refractivity contribution >= 4 is 23.7 Å². The number of ketones is 2. The lowest BCUT2D eigenvalue weighted by molar-refractivity contribution is 0.103. The molecule has 0 unspecified atom stereocenters. The van der Waals surface area contributed by atoms with Crippen LogP contribution in [0.3, 0.4) is 0 Å². The number of allylic oxidation sites excluding steroid dienone is 2. The van der Waals surface area contributed by atoms with Crippen LogP contribution in [0.2, 0.25) is 0 Å².